The summed E-state index contributed by atoms with van der Waals surface area (Å²) in [5.41, 5.74) is 0. The highest BCUT2D eigenvalue weighted by Crippen LogP contribution is 2.32. The molecule has 0 bridgehead atoms. The summed E-state index contributed by atoms with van der Waals surface area (Å²) in [6.07, 6.45) is 7.74. The van der Waals surface area contributed by atoms with Crippen LogP contribution in [0.5, 0.6) is 0 Å². The number of rotatable bonds is 7. The van der Waals surface area contributed by atoms with Crippen LogP contribution in [0.2, 0.25) is 0 Å². The number of hydrogen-bond acceptors (Lipinski definition) is 3. The van der Waals surface area contributed by atoms with E-state index in [0.29, 0.717) is 18.3 Å². The zero-order chi connectivity index (χ0) is 14.5. The summed E-state index contributed by atoms with van der Waals surface area (Å²) < 4.78 is 11.5. The Morgan fingerprint density at radius 1 is 1.00 bits per heavy atom. The highest BCUT2D eigenvalue weighted by Gasteiger charge is 2.36. The Labute approximate surface area is 125 Å². The second-order valence-corrected chi connectivity index (χ2v) is 7.12. The van der Waals surface area contributed by atoms with Crippen molar-refractivity contribution in [2.45, 2.75) is 84.2 Å². The predicted molar refractivity (Wildman–Crippen MR) is 83.0 cm³/mol. The van der Waals surface area contributed by atoms with Crippen LogP contribution in [0.4, 0.5) is 0 Å². The quantitative estimate of drug-likeness (QED) is 0.714. The monoisotopic (exact) mass is 283 g/mol. The normalized spacial score (nSPS) is 29.1. The van der Waals surface area contributed by atoms with Crippen molar-refractivity contribution >= 4 is 0 Å². The largest absolute Gasteiger partial charge is 0.379 e. The molecule has 118 valence electrons. The Morgan fingerprint density at radius 3 is 2.20 bits per heavy atom. The standard InChI is InChI=1S/C17H33NO2/c1-13(2)19-10-7-15-5-8-18(9-6-15)16-11-17(12-16)20-14(3)4/h13-17H,5-12H2,1-4H3. The maximum atomic E-state index is 5.86. The number of hydrogen-bond donors (Lipinski definition) is 0. The number of nitrogens with zero attached hydrogens (tertiary/aromatic N) is 1. The topological polar surface area (TPSA) is 21.7 Å². The molecule has 20 heavy (non-hydrogen) atoms. The minimum Gasteiger partial charge on any atom is -0.379 e. The first-order valence-corrected chi connectivity index (χ1v) is 8.55. The Bertz CT molecular complexity index is 266. The van der Waals surface area contributed by atoms with Gasteiger partial charge < -0.3 is 14.4 Å². The van der Waals surface area contributed by atoms with Gasteiger partial charge in [0, 0.05) is 12.6 Å². The van der Waals surface area contributed by atoms with Crippen molar-refractivity contribution < 1.29 is 9.47 Å². The van der Waals surface area contributed by atoms with Gasteiger partial charge in [0.2, 0.25) is 0 Å². The van der Waals surface area contributed by atoms with Crippen molar-refractivity contribution in [3.8, 4) is 0 Å². The number of ether oxygens (including phenoxy) is 2. The molecule has 0 atom stereocenters. The minimum atomic E-state index is 0.378. The van der Waals surface area contributed by atoms with E-state index < -0.39 is 0 Å². The van der Waals surface area contributed by atoms with Crippen molar-refractivity contribution in [3.05, 3.63) is 0 Å². The van der Waals surface area contributed by atoms with E-state index in [9.17, 15) is 0 Å². The van der Waals surface area contributed by atoms with Gasteiger partial charge in [0.15, 0.2) is 0 Å². The average Bonchev–Trinajstić information content (AvgIpc) is 2.34. The van der Waals surface area contributed by atoms with Crippen LogP contribution in [0.15, 0.2) is 0 Å². The van der Waals surface area contributed by atoms with Crippen LogP contribution < -0.4 is 0 Å². The van der Waals surface area contributed by atoms with Crippen LogP contribution in [0.3, 0.4) is 0 Å². The summed E-state index contributed by atoms with van der Waals surface area (Å²) in [5.74, 6) is 0.882. The van der Waals surface area contributed by atoms with Crippen molar-refractivity contribution in [3.63, 3.8) is 0 Å². The van der Waals surface area contributed by atoms with E-state index in [-0.39, 0.29) is 0 Å². The van der Waals surface area contributed by atoms with Gasteiger partial charge in [0.05, 0.1) is 18.3 Å². The fourth-order valence-corrected chi connectivity index (χ4v) is 3.41. The van der Waals surface area contributed by atoms with Crippen molar-refractivity contribution in [2.75, 3.05) is 19.7 Å². The lowest BCUT2D eigenvalue weighted by molar-refractivity contribution is -0.0819. The molecule has 1 aliphatic carbocycles. The highest BCUT2D eigenvalue weighted by atomic mass is 16.5. The molecule has 0 spiro atoms. The lowest BCUT2D eigenvalue weighted by Gasteiger charge is -2.46. The lowest BCUT2D eigenvalue weighted by Crippen LogP contribution is -2.51. The van der Waals surface area contributed by atoms with Crippen molar-refractivity contribution in [2.24, 2.45) is 5.92 Å². The molecule has 0 N–H and O–H groups in total. The summed E-state index contributed by atoms with van der Waals surface area (Å²) in [5, 5.41) is 0. The Hall–Kier alpha value is -0.120. The Kier molecular flexibility index (Phi) is 6.31. The van der Waals surface area contributed by atoms with Gasteiger partial charge in [-0.2, -0.15) is 0 Å². The van der Waals surface area contributed by atoms with Crippen molar-refractivity contribution in [1.29, 1.82) is 0 Å². The number of likely N-dealkylation sites (tertiary alicyclic amines) is 1. The maximum Gasteiger partial charge on any atom is 0.0608 e. The Balaban J connectivity index is 1.56. The molecule has 1 saturated carbocycles. The van der Waals surface area contributed by atoms with Crippen LogP contribution in [-0.2, 0) is 9.47 Å². The fourth-order valence-electron chi connectivity index (χ4n) is 3.41. The average molecular weight is 283 g/mol. The van der Waals surface area contributed by atoms with E-state index in [1.807, 2.05) is 0 Å². The second-order valence-electron chi connectivity index (χ2n) is 7.12. The molecule has 0 unspecified atom stereocenters. The first-order valence-electron chi connectivity index (χ1n) is 8.55. The predicted octanol–water partition coefficient (Wildman–Crippen LogP) is 3.47. The maximum absolute atomic E-state index is 5.86. The molecular formula is C17H33NO2. The van der Waals surface area contributed by atoms with Crippen LogP contribution in [0.1, 0.15) is 59.8 Å². The van der Waals surface area contributed by atoms with E-state index in [2.05, 4.69) is 32.6 Å². The molecule has 0 amide bonds. The SMILES string of the molecule is CC(C)OCCC1CCN(C2CC(OC(C)C)C2)CC1. The molecule has 1 saturated heterocycles. The molecular weight excluding hydrogens is 250 g/mol. The molecule has 2 rings (SSSR count). The molecule has 3 heteroatoms. The molecule has 1 aliphatic heterocycles. The second kappa shape index (κ2) is 7.77. The molecule has 0 aromatic carbocycles. The first-order chi connectivity index (χ1) is 9.54. The first kappa shape index (κ1) is 16.3. The van der Waals surface area contributed by atoms with Crippen molar-refractivity contribution in [1.82, 2.24) is 4.90 Å². The zero-order valence-electron chi connectivity index (χ0n) is 13.8. The highest BCUT2D eigenvalue weighted by molar-refractivity contribution is 4.90. The third-order valence-corrected chi connectivity index (χ3v) is 4.68. The van der Waals surface area contributed by atoms with E-state index in [0.717, 1.165) is 18.6 Å². The van der Waals surface area contributed by atoms with E-state index in [1.165, 1.54) is 45.2 Å². The summed E-state index contributed by atoms with van der Waals surface area (Å²) in [6.45, 7) is 12.0. The van der Waals surface area contributed by atoms with E-state index in [4.69, 9.17) is 9.47 Å². The molecule has 0 aromatic rings. The van der Waals surface area contributed by atoms with E-state index >= 15 is 0 Å². The third-order valence-electron chi connectivity index (χ3n) is 4.68. The van der Waals surface area contributed by atoms with Gasteiger partial charge in [-0.15, -0.1) is 0 Å². The number of piperidine rings is 1. The van der Waals surface area contributed by atoms with Gasteiger partial charge in [0.1, 0.15) is 0 Å². The molecule has 0 aromatic heterocycles. The lowest BCUT2D eigenvalue weighted by atomic mass is 9.84. The summed E-state index contributed by atoms with van der Waals surface area (Å²) in [6, 6.07) is 0.798. The third kappa shape index (κ3) is 5.01. The van der Waals surface area contributed by atoms with Crippen LogP contribution in [0.25, 0.3) is 0 Å². The molecule has 2 aliphatic rings. The van der Waals surface area contributed by atoms with Crippen LogP contribution in [0, 0.1) is 5.92 Å². The van der Waals surface area contributed by atoms with Gasteiger partial charge >= 0.3 is 0 Å². The van der Waals surface area contributed by atoms with Gasteiger partial charge in [-0.05, 0) is 78.8 Å². The summed E-state index contributed by atoms with van der Waals surface area (Å²) in [7, 11) is 0. The molecule has 1 heterocycles. The molecule has 2 fully saturated rings. The zero-order valence-corrected chi connectivity index (χ0v) is 13.8. The smallest absolute Gasteiger partial charge is 0.0608 e. The summed E-state index contributed by atoms with van der Waals surface area (Å²) >= 11 is 0. The molecule has 0 radical (unpaired) electrons. The van der Waals surface area contributed by atoms with Gasteiger partial charge in [-0.3, -0.25) is 0 Å². The minimum absolute atomic E-state index is 0.378. The fraction of sp³-hybridized carbons (Fsp3) is 1.00. The van der Waals surface area contributed by atoms with Gasteiger partial charge in [0.25, 0.3) is 0 Å². The van der Waals surface area contributed by atoms with Gasteiger partial charge in [-0.1, -0.05) is 0 Å². The summed E-state index contributed by atoms with van der Waals surface area (Å²) in [4.78, 5) is 2.69. The van der Waals surface area contributed by atoms with Crippen LogP contribution in [-0.4, -0.2) is 49.0 Å². The Morgan fingerprint density at radius 2 is 1.65 bits per heavy atom. The van der Waals surface area contributed by atoms with Gasteiger partial charge in [-0.25, -0.2) is 0 Å². The molecule has 3 nitrogen and oxygen atoms in total. The van der Waals surface area contributed by atoms with Crippen LogP contribution >= 0.6 is 0 Å². The van der Waals surface area contributed by atoms with E-state index in [1.54, 1.807) is 0 Å².